The number of hydrogen-bond acceptors (Lipinski definition) is 3. The molecule has 1 heterocycles. The van der Waals surface area contributed by atoms with Crippen LogP contribution in [0.1, 0.15) is 25.1 Å². The predicted octanol–water partition coefficient (Wildman–Crippen LogP) is 3.88. The minimum Gasteiger partial charge on any atom is -0.297 e. The number of nitrogens with zero attached hydrogens (tertiary/aromatic N) is 2. The van der Waals surface area contributed by atoms with Crippen LogP contribution >= 0.6 is 27.3 Å². The van der Waals surface area contributed by atoms with Gasteiger partial charge in [-0.2, -0.15) is 5.26 Å². The van der Waals surface area contributed by atoms with Gasteiger partial charge in [0.2, 0.25) is 0 Å². The summed E-state index contributed by atoms with van der Waals surface area (Å²) >= 11 is 5.23. The normalized spacial score (nSPS) is 11.0. The van der Waals surface area contributed by atoms with E-state index in [1.165, 1.54) is 4.88 Å². The van der Waals surface area contributed by atoms with Crippen LogP contribution in [0.15, 0.2) is 15.9 Å². The highest BCUT2D eigenvalue weighted by Gasteiger charge is 2.09. The summed E-state index contributed by atoms with van der Waals surface area (Å²) in [7, 11) is 0. The van der Waals surface area contributed by atoms with Crippen LogP contribution in [0, 0.1) is 17.2 Å². The van der Waals surface area contributed by atoms with Crippen LogP contribution in [0.3, 0.4) is 0 Å². The molecule has 0 aliphatic rings. The quantitative estimate of drug-likeness (QED) is 0.797. The first-order valence-electron chi connectivity index (χ1n) is 5.44. The van der Waals surface area contributed by atoms with Gasteiger partial charge in [-0.3, -0.25) is 4.90 Å². The average molecular weight is 301 g/mol. The Morgan fingerprint density at radius 3 is 2.81 bits per heavy atom. The van der Waals surface area contributed by atoms with Crippen molar-refractivity contribution in [3.05, 3.63) is 20.8 Å². The fraction of sp³-hybridized carbons (Fsp3) is 0.583. The van der Waals surface area contributed by atoms with Crippen LogP contribution in [0.5, 0.6) is 0 Å². The van der Waals surface area contributed by atoms with Crippen LogP contribution < -0.4 is 0 Å². The maximum Gasteiger partial charge on any atom is 0.0635 e. The van der Waals surface area contributed by atoms with Gasteiger partial charge in [-0.15, -0.1) is 11.3 Å². The van der Waals surface area contributed by atoms with E-state index in [1.54, 1.807) is 11.3 Å². The summed E-state index contributed by atoms with van der Waals surface area (Å²) in [6, 6.07) is 4.37. The van der Waals surface area contributed by atoms with Crippen molar-refractivity contribution in [1.29, 1.82) is 5.26 Å². The van der Waals surface area contributed by atoms with Crippen LogP contribution in [-0.4, -0.2) is 18.0 Å². The summed E-state index contributed by atoms with van der Waals surface area (Å²) in [4.78, 5) is 3.71. The smallest absolute Gasteiger partial charge is 0.0635 e. The SMILES string of the molecule is CC(C)CN(CCC#N)Cc1cc(Br)cs1. The number of rotatable bonds is 6. The lowest BCUT2D eigenvalue weighted by molar-refractivity contribution is 0.243. The zero-order chi connectivity index (χ0) is 12.0. The zero-order valence-corrected chi connectivity index (χ0v) is 12.1. The molecule has 0 N–H and O–H groups in total. The standard InChI is InChI=1S/C12H17BrN2S/c1-10(2)7-15(5-3-4-14)8-12-6-11(13)9-16-12/h6,9-10H,3,5,7-8H2,1-2H3. The first kappa shape index (κ1) is 13.7. The first-order chi connectivity index (χ1) is 7.61. The van der Waals surface area contributed by atoms with Crippen molar-refractivity contribution in [2.45, 2.75) is 26.8 Å². The highest BCUT2D eigenvalue weighted by Crippen LogP contribution is 2.21. The zero-order valence-electron chi connectivity index (χ0n) is 9.74. The van der Waals surface area contributed by atoms with Gasteiger partial charge < -0.3 is 0 Å². The Hall–Kier alpha value is -0.370. The van der Waals surface area contributed by atoms with Crippen molar-refractivity contribution in [2.75, 3.05) is 13.1 Å². The van der Waals surface area contributed by atoms with Crippen molar-refractivity contribution in [3.63, 3.8) is 0 Å². The molecule has 0 bridgehead atoms. The molecular weight excluding hydrogens is 284 g/mol. The van der Waals surface area contributed by atoms with Gasteiger partial charge in [0.25, 0.3) is 0 Å². The average Bonchev–Trinajstić information content (AvgIpc) is 2.59. The summed E-state index contributed by atoms with van der Waals surface area (Å²) in [5.41, 5.74) is 0. The maximum atomic E-state index is 8.64. The van der Waals surface area contributed by atoms with E-state index < -0.39 is 0 Å². The molecule has 0 aliphatic heterocycles. The summed E-state index contributed by atoms with van der Waals surface area (Å²) in [5.74, 6) is 0.641. The van der Waals surface area contributed by atoms with Crippen molar-refractivity contribution in [1.82, 2.24) is 4.90 Å². The van der Waals surface area contributed by atoms with E-state index in [4.69, 9.17) is 5.26 Å². The van der Waals surface area contributed by atoms with Crippen LogP contribution in [0.4, 0.5) is 0 Å². The molecule has 88 valence electrons. The molecular formula is C12H17BrN2S. The lowest BCUT2D eigenvalue weighted by atomic mass is 10.2. The van der Waals surface area contributed by atoms with E-state index in [-0.39, 0.29) is 0 Å². The Bertz CT molecular complexity index is 354. The minimum atomic E-state index is 0.610. The molecule has 0 spiro atoms. The summed E-state index contributed by atoms with van der Waals surface area (Å²) in [5, 5.41) is 10.7. The molecule has 0 saturated carbocycles. The molecule has 4 heteroatoms. The molecule has 0 saturated heterocycles. The Morgan fingerprint density at radius 1 is 1.56 bits per heavy atom. The van der Waals surface area contributed by atoms with Crippen molar-refractivity contribution in [2.24, 2.45) is 5.92 Å². The molecule has 0 atom stereocenters. The van der Waals surface area contributed by atoms with E-state index in [0.29, 0.717) is 12.3 Å². The molecule has 1 aromatic heterocycles. The Balaban J connectivity index is 2.52. The largest absolute Gasteiger partial charge is 0.297 e. The maximum absolute atomic E-state index is 8.64. The lowest BCUT2D eigenvalue weighted by Gasteiger charge is -2.22. The molecule has 0 aromatic carbocycles. The summed E-state index contributed by atoms with van der Waals surface area (Å²) < 4.78 is 1.15. The second-order valence-corrected chi connectivity index (χ2v) is 6.18. The number of halogens is 1. The van der Waals surface area contributed by atoms with Crippen molar-refractivity contribution >= 4 is 27.3 Å². The Kier molecular flexibility index (Phi) is 6.04. The van der Waals surface area contributed by atoms with E-state index in [9.17, 15) is 0 Å². The molecule has 0 amide bonds. The van der Waals surface area contributed by atoms with Crippen molar-refractivity contribution < 1.29 is 0 Å². The molecule has 0 fully saturated rings. The Morgan fingerprint density at radius 2 is 2.31 bits per heavy atom. The van der Waals surface area contributed by atoms with Gasteiger partial charge in [-0.05, 0) is 27.9 Å². The first-order valence-corrected chi connectivity index (χ1v) is 7.11. The number of nitriles is 1. The molecule has 0 unspecified atom stereocenters. The van der Waals surface area contributed by atoms with E-state index in [2.05, 4.69) is 52.2 Å². The molecule has 0 radical (unpaired) electrons. The summed E-state index contributed by atoms with van der Waals surface area (Å²) in [6.07, 6.45) is 0.610. The van der Waals surface area contributed by atoms with Gasteiger partial charge >= 0.3 is 0 Å². The molecule has 2 nitrogen and oxygen atoms in total. The lowest BCUT2D eigenvalue weighted by Crippen LogP contribution is -2.27. The molecule has 16 heavy (non-hydrogen) atoms. The molecule has 1 aromatic rings. The number of thiophene rings is 1. The van der Waals surface area contributed by atoms with Gasteiger partial charge in [0.15, 0.2) is 0 Å². The highest BCUT2D eigenvalue weighted by atomic mass is 79.9. The molecule has 1 rings (SSSR count). The summed E-state index contributed by atoms with van der Waals surface area (Å²) in [6.45, 7) is 7.30. The monoisotopic (exact) mass is 300 g/mol. The molecule has 0 aliphatic carbocycles. The third-order valence-electron chi connectivity index (χ3n) is 2.16. The van der Waals surface area contributed by atoms with E-state index in [1.807, 2.05) is 0 Å². The van der Waals surface area contributed by atoms with Gasteiger partial charge in [-0.25, -0.2) is 0 Å². The van der Waals surface area contributed by atoms with Gasteiger partial charge in [0.05, 0.1) is 6.07 Å². The fourth-order valence-electron chi connectivity index (χ4n) is 1.62. The Labute approximate surface area is 110 Å². The van der Waals surface area contributed by atoms with Gasteiger partial charge in [0, 0.05) is 40.8 Å². The van der Waals surface area contributed by atoms with Crippen molar-refractivity contribution in [3.8, 4) is 6.07 Å². The van der Waals surface area contributed by atoms with Crippen LogP contribution in [0.2, 0.25) is 0 Å². The highest BCUT2D eigenvalue weighted by molar-refractivity contribution is 9.10. The van der Waals surface area contributed by atoms with Gasteiger partial charge in [-0.1, -0.05) is 13.8 Å². The topological polar surface area (TPSA) is 27.0 Å². The van der Waals surface area contributed by atoms with E-state index >= 15 is 0 Å². The second-order valence-electron chi connectivity index (χ2n) is 4.27. The number of hydrogen-bond donors (Lipinski definition) is 0. The van der Waals surface area contributed by atoms with Gasteiger partial charge in [0.1, 0.15) is 0 Å². The minimum absolute atomic E-state index is 0.610. The predicted molar refractivity (Wildman–Crippen MR) is 72.4 cm³/mol. The van der Waals surface area contributed by atoms with E-state index in [0.717, 1.165) is 24.1 Å². The second kappa shape index (κ2) is 7.05. The third-order valence-corrected chi connectivity index (χ3v) is 3.85. The fourth-order valence-corrected chi connectivity index (χ4v) is 3.11. The van der Waals surface area contributed by atoms with Crippen LogP contribution in [-0.2, 0) is 6.54 Å². The van der Waals surface area contributed by atoms with Crippen LogP contribution in [0.25, 0.3) is 0 Å². The third kappa shape index (κ3) is 5.11.